The van der Waals surface area contributed by atoms with Crippen LogP contribution in [0.25, 0.3) is 11.1 Å². The first-order valence-corrected chi connectivity index (χ1v) is 10.7. The molecule has 0 radical (unpaired) electrons. The van der Waals surface area contributed by atoms with Gasteiger partial charge < -0.3 is 14.4 Å². The Labute approximate surface area is 203 Å². The van der Waals surface area contributed by atoms with Crippen LogP contribution in [-0.4, -0.2) is 28.9 Å². The van der Waals surface area contributed by atoms with E-state index in [9.17, 15) is 27.9 Å². The molecule has 0 spiro atoms. The molecule has 0 aliphatic heterocycles. The molecule has 1 N–H and O–H groups in total. The lowest BCUT2D eigenvalue weighted by Gasteiger charge is -2.37. The Kier molecular flexibility index (Phi) is 7.17. The van der Waals surface area contributed by atoms with Crippen LogP contribution in [0.4, 0.5) is 13.2 Å². The van der Waals surface area contributed by atoms with E-state index in [0.29, 0.717) is 11.1 Å². The van der Waals surface area contributed by atoms with Crippen LogP contribution in [0.5, 0.6) is 0 Å². The van der Waals surface area contributed by atoms with Crippen molar-refractivity contribution in [3.8, 4) is 11.1 Å². The summed E-state index contributed by atoms with van der Waals surface area (Å²) in [5.41, 5.74) is -2.98. The summed E-state index contributed by atoms with van der Waals surface area (Å²) in [7, 11) is 2.52. The first-order chi connectivity index (χ1) is 15.8. The topological polar surface area (TPSA) is 68.5 Å². The van der Waals surface area contributed by atoms with Gasteiger partial charge in [0.2, 0.25) is 5.56 Å². The highest BCUT2D eigenvalue weighted by Crippen LogP contribution is 2.49. The monoisotopic (exact) mass is 513 g/mol. The summed E-state index contributed by atoms with van der Waals surface area (Å²) in [6.45, 7) is 1.21. The van der Waals surface area contributed by atoms with Crippen molar-refractivity contribution >= 4 is 29.2 Å². The second-order valence-corrected chi connectivity index (χ2v) is 8.59. The van der Waals surface area contributed by atoms with Gasteiger partial charge in [0.05, 0.1) is 17.7 Å². The van der Waals surface area contributed by atoms with Crippen molar-refractivity contribution in [2.45, 2.75) is 24.6 Å². The van der Waals surface area contributed by atoms with Crippen molar-refractivity contribution in [2.75, 3.05) is 7.11 Å². The standard InChI is InChI=1S/C24H20Cl2F3NO4/c1-13(23(33,24(27,28)29)16-6-9-21(31)30(2)12-16)17-7-4-14(10-19(17)25)15-5-8-18(20(26)11-15)22(32)34-3/h4-13,33H,1-3H3/t13-,23-/m0/s1. The quantitative estimate of drug-likeness (QED) is 0.444. The van der Waals surface area contributed by atoms with E-state index >= 15 is 0 Å². The Morgan fingerprint density at radius 1 is 1.03 bits per heavy atom. The second kappa shape index (κ2) is 9.44. The number of hydrogen-bond acceptors (Lipinski definition) is 4. The van der Waals surface area contributed by atoms with Crippen molar-refractivity contribution in [2.24, 2.45) is 7.05 Å². The molecule has 180 valence electrons. The van der Waals surface area contributed by atoms with Gasteiger partial charge in [-0.3, -0.25) is 4.79 Å². The summed E-state index contributed by atoms with van der Waals surface area (Å²) >= 11 is 12.5. The van der Waals surface area contributed by atoms with Crippen LogP contribution < -0.4 is 5.56 Å². The van der Waals surface area contributed by atoms with Crippen molar-refractivity contribution < 1.29 is 27.8 Å². The molecule has 0 aliphatic carbocycles. The summed E-state index contributed by atoms with van der Waals surface area (Å²) in [4.78, 5) is 23.4. The molecule has 0 saturated heterocycles. The van der Waals surface area contributed by atoms with E-state index in [1.807, 2.05) is 0 Å². The predicted octanol–water partition coefficient (Wildman–Crippen LogP) is 5.70. The third-order valence-electron chi connectivity index (χ3n) is 5.76. The molecule has 0 fully saturated rings. The lowest BCUT2D eigenvalue weighted by atomic mass is 9.78. The number of aromatic nitrogens is 1. The number of carbonyl (C=O) groups is 1. The molecular weight excluding hydrogens is 494 g/mol. The number of nitrogens with zero attached hydrogens (tertiary/aromatic N) is 1. The number of ether oxygens (including phenoxy) is 1. The molecule has 0 aliphatic rings. The second-order valence-electron chi connectivity index (χ2n) is 7.78. The number of alkyl halides is 3. The van der Waals surface area contributed by atoms with Gasteiger partial charge in [-0.2, -0.15) is 13.2 Å². The molecular formula is C24H20Cl2F3NO4. The molecule has 34 heavy (non-hydrogen) atoms. The molecule has 0 unspecified atom stereocenters. The maximum Gasteiger partial charge on any atom is 0.422 e. The van der Waals surface area contributed by atoms with Gasteiger partial charge in [-0.1, -0.05) is 48.3 Å². The van der Waals surface area contributed by atoms with Crippen molar-refractivity contribution in [1.29, 1.82) is 0 Å². The summed E-state index contributed by atoms with van der Waals surface area (Å²) in [6, 6.07) is 10.9. The number of rotatable bonds is 5. The average Bonchev–Trinajstić information content (AvgIpc) is 2.78. The number of halogens is 5. The van der Waals surface area contributed by atoms with E-state index < -0.39 is 34.8 Å². The van der Waals surface area contributed by atoms with Crippen LogP contribution in [0.15, 0.2) is 59.5 Å². The van der Waals surface area contributed by atoms with E-state index in [4.69, 9.17) is 23.2 Å². The number of hydrogen-bond donors (Lipinski definition) is 1. The third kappa shape index (κ3) is 4.58. The molecule has 2 atom stereocenters. The van der Waals surface area contributed by atoms with Gasteiger partial charge >= 0.3 is 12.1 Å². The van der Waals surface area contributed by atoms with Gasteiger partial charge in [0.15, 0.2) is 5.60 Å². The number of aryl methyl sites for hydroxylation is 1. The predicted molar refractivity (Wildman–Crippen MR) is 123 cm³/mol. The van der Waals surface area contributed by atoms with Gasteiger partial charge in [-0.05, 0) is 41.0 Å². The maximum atomic E-state index is 14.2. The minimum atomic E-state index is -5.07. The summed E-state index contributed by atoms with van der Waals surface area (Å²) in [6.07, 6.45) is -4.11. The zero-order chi connectivity index (χ0) is 25.4. The van der Waals surface area contributed by atoms with Gasteiger partial charge in [-0.25, -0.2) is 4.79 Å². The van der Waals surface area contributed by atoms with Crippen LogP contribution in [0, 0.1) is 0 Å². The van der Waals surface area contributed by atoms with Gasteiger partial charge in [0.1, 0.15) is 0 Å². The first kappa shape index (κ1) is 25.8. The van der Waals surface area contributed by atoms with Crippen LogP contribution >= 0.6 is 23.2 Å². The van der Waals surface area contributed by atoms with E-state index in [2.05, 4.69) is 4.74 Å². The molecule has 3 rings (SSSR count). The fraction of sp³-hybridized carbons (Fsp3) is 0.250. The number of benzene rings is 2. The van der Waals surface area contributed by atoms with Gasteiger partial charge in [0.25, 0.3) is 0 Å². The summed E-state index contributed by atoms with van der Waals surface area (Å²) in [5, 5.41) is 11.1. The zero-order valence-corrected chi connectivity index (χ0v) is 19.8. The Balaban J connectivity index is 2.06. The van der Waals surface area contributed by atoms with Crippen molar-refractivity contribution in [1.82, 2.24) is 4.57 Å². The highest BCUT2D eigenvalue weighted by atomic mass is 35.5. The number of methoxy groups -OCH3 is 1. The maximum absolute atomic E-state index is 14.2. The fourth-order valence-electron chi connectivity index (χ4n) is 3.73. The average molecular weight is 514 g/mol. The van der Waals surface area contributed by atoms with Crippen molar-refractivity contribution in [3.63, 3.8) is 0 Å². The van der Waals surface area contributed by atoms with E-state index in [1.165, 1.54) is 45.3 Å². The van der Waals surface area contributed by atoms with Gasteiger partial charge in [0, 0.05) is 35.8 Å². The lowest BCUT2D eigenvalue weighted by Crippen LogP contribution is -2.47. The molecule has 1 heterocycles. The molecule has 5 nitrogen and oxygen atoms in total. The number of pyridine rings is 1. The summed E-state index contributed by atoms with van der Waals surface area (Å²) in [5.74, 6) is -2.12. The Morgan fingerprint density at radius 2 is 1.62 bits per heavy atom. The molecule has 1 aromatic heterocycles. The highest BCUT2D eigenvalue weighted by Gasteiger charge is 2.59. The Hall–Kier alpha value is -2.81. The highest BCUT2D eigenvalue weighted by molar-refractivity contribution is 6.34. The van der Waals surface area contributed by atoms with Crippen LogP contribution in [0.1, 0.15) is 34.3 Å². The smallest absolute Gasteiger partial charge is 0.422 e. The minimum absolute atomic E-state index is 0.00865. The van der Waals surface area contributed by atoms with Gasteiger partial charge in [-0.15, -0.1) is 0 Å². The van der Waals surface area contributed by atoms with E-state index in [-0.39, 0.29) is 21.2 Å². The normalized spacial score (nSPS) is 14.4. The number of aliphatic hydroxyl groups is 1. The zero-order valence-electron chi connectivity index (χ0n) is 18.3. The Morgan fingerprint density at radius 3 is 2.12 bits per heavy atom. The molecule has 2 aromatic carbocycles. The summed E-state index contributed by atoms with van der Waals surface area (Å²) < 4.78 is 48.2. The number of carbonyl (C=O) groups excluding carboxylic acids is 1. The molecule has 10 heteroatoms. The lowest BCUT2D eigenvalue weighted by molar-refractivity contribution is -0.274. The molecule has 0 bridgehead atoms. The molecule has 3 aromatic rings. The number of esters is 1. The van der Waals surface area contributed by atoms with Crippen LogP contribution in [0.2, 0.25) is 10.0 Å². The minimum Gasteiger partial charge on any atom is -0.465 e. The molecule has 0 saturated carbocycles. The Bertz CT molecular complexity index is 1310. The van der Waals surface area contributed by atoms with Crippen LogP contribution in [-0.2, 0) is 17.4 Å². The first-order valence-electron chi connectivity index (χ1n) is 9.95. The molecule has 0 amide bonds. The fourth-order valence-corrected chi connectivity index (χ4v) is 4.33. The van der Waals surface area contributed by atoms with Crippen molar-refractivity contribution in [3.05, 3.63) is 91.8 Å². The van der Waals surface area contributed by atoms with E-state index in [1.54, 1.807) is 12.1 Å². The third-order valence-corrected chi connectivity index (χ3v) is 6.40. The van der Waals surface area contributed by atoms with E-state index in [0.717, 1.165) is 22.9 Å². The van der Waals surface area contributed by atoms with Crippen LogP contribution in [0.3, 0.4) is 0 Å². The largest absolute Gasteiger partial charge is 0.465 e. The SMILES string of the molecule is COC(=O)c1ccc(-c2ccc([C@H](C)[C@](O)(c3ccc(=O)n(C)c3)C(F)(F)F)c(Cl)c2)cc1Cl.